The van der Waals surface area contributed by atoms with Gasteiger partial charge in [0.2, 0.25) is 11.8 Å². The fourth-order valence-electron chi connectivity index (χ4n) is 2.15. The second-order valence-corrected chi connectivity index (χ2v) is 6.08. The van der Waals surface area contributed by atoms with Crippen LogP contribution in [0.5, 0.6) is 0 Å². The van der Waals surface area contributed by atoms with Crippen molar-refractivity contribution in [1.82, 2.24) is 15.6 Å². The number of nitrogens with zero attached hydrogens (tertiary/aromatic N) is 1. The van der Waals surface area contributed by atoms with Gasteiger partial charge < -0.3 is 20.7 Å². The van der Waals surface area contributed by atoms with Gasteiger partial charge in [-0.1, -0.05) is 12.1 Å². The molecular formula is C22H26IrN3O4-. The third-order valence-corrected chi connectivity index (χ3v) is 3.44. The number of carbonyl (C=O) groups excluding carboxylic acids is 3. The number of amides is 2. The van der Waals surface area contributed by atoms with Gasteiger partial charge in [0.1, 0.15) is 0 Å². The molecule has 3 N–H and O–H groups in total. The van der Waals surface area contributed by atoms with Crippen molar-refractivity contribution in [2.24, 2.45) is 0 Å². The van der Waals surface area contributed by atoms with Crippen LogP contribution in [0.15, 0.2) is 60.5 Å². The average Bonchev–Trinajstić information content (AvgIpc) is 2.71. The van der Waals surface area contributed by atoms with E-state index >= 15 is 0 Å². The van der Waals surface area contributed by atoms with Gasteiger partial charge >= 0.3 is 0 Å². The SMILES string of the molecule is CC(=O)NCCNC(=O)CCC(=O)C=C(C)O.[Ir].[c-]1ccccc1-c1ccccn1. The predicted molar refractivity (Wildman–Crippen MR) is 111 cm³/mol. The van der Waals surface area contributed by atoms with Crippen molar-refractivity contribution in [2.45, 2.75) is 26.7 Å². The number of rotatable bonds is 8. The molecule has 0 aliphatic heterocycles. The Bertz CT molecular complexity index is 770. The van der Waals surface area contributed by atoms with Gasteiger partial charge in [-0.25, -0.2) is 0 Å². The molecule has 0 saturated heterocycles. The molecule has 163 valence electrons. The molecule has 1 heterocycles. The summed E-state index contributed by atoms with van der Waals surface area (Å²) in [6.45, 7) is 3.49. The molecule has 0 fully saturated rings. The zero-order valence-corrected chi connectivity index (χ0v) is 19.4. The van der Waals surface area contributed by atoms with E-state index in [-0.39, 0.29) is 56.3 Å². The molecule has 0 spiro atoms. The Labute approximate surface area is 190 Å². The number of ketones is 1. The van der Waals surface area contributed by atoms with E-state index in [1.54, 1.807) is 6.20 Å². The zero-order chi connectivity index (χ0) is 21.5. The summed E-state index contributed by atoms with van der Waals surface area (Å²) in [5, 5.41) is 13.9. The minimum Gasteiger partial charge on any atom is -0.512 e. The Morgan fingerprint density at radius 1 is 1.03 bits per heavy atom. The maximum atomic E-state index is 11.2. The molecular weight excluding hydrogens is 562 g/mol. The van der Waals surface area contributed by atoms with Crippen molar-refractivity contribution in [3.05, 3.63) is 66.6 Å². The van der Waals surface area contributed by atoms with Crippen LogP contribution < -0.4 is 10.6 Å². The fourth-order valence-corrected chi connectivity index (χ4v) is 2.15. The molecule has 0 unspecified atom stereocenters. The minimum absolute atomic E-state index is 0. The Kier molecular flexibility index (Phi) is 14.5. The Morgan fingerprint density at radius 3 is 2.30 bits per heavy atom. The summed E-state index contributed by atoms with van der Waals surface area (Å²) in [7, 11) is 0. The van der Waals surface area contributed by atoms with Gasteiger partial charge in [0, 0.05) is 65.2 Å². The van der Waals surface area contributed by atoms with Crippen LogP contribution in [-0.2, 0) is 34.5 Å². The summed E-state index contributed by atoms with van der Waals surface area (Å²) in [4.78, 5) is 37.0. The maximum absolute atomic E-state index is 11.2. The number of aliphatic hydroxyl groups is 1. The number of carbonyl (C=O) groups is 3. The molecule has 2 amide bonds. The number of aliphatic hydroxyl groups excluding tert-OH is 1. The minimum atomic E-state index is -0.290. The Hall–Kier alpha value is -2.83. The van der Waals surface area contributed by atoms with Crippen LogP contribution in [0.4, 0.5) is 0 Å². The van der Waals surface area contributed by atoms with Gasteiger partial charge in [-0.15, -0.1) is 35.9 Å². The fraction of sp³-hybridized carbons (Fsp3) is 0.273. The van der Waals surface area contributed by atoms with Crippen LogP contribution in [0.1, 0.15) is 26.7 Å². The molecule has 0 aliphatic rings. The van der Waals surface area contributed by atoms with Gasteiger partial charge in [-0.3, -0.25) is 14.4 Å². The molecule has 2 rings (SSSR count). The Balaban J connectivity index is 0.000000566. The molecule has 0 saturated carbocycles. The van der Waals surface area contributed by atoms with Gasteiger partial charge in [0.15, 0.2) is 5.78 Å². The molecule has 1 radical (unpaired) electrons. The normalized spacial score (nSPS) is 10.0. The summed E-state index contributed by atoms with van der Waals surface area (Å²) in [6, 6.07) is 16.8. The number of allylic oxidation sites excluding steroid dienone is 2. The number of pyridine rings is 1. The zero-order valence-electron chi connectivity index (χ0n) is 17.0. The van der Waals surface area contributed by atoms with E-state index in [1.807, 2.05) is 42.5 Å². The van der Waals surface area contributed by atoms with Crippen LogP contribution in [0.25, 0.3) is 11.3 Å². The van der Waals surface area contributed by atoms with E-state index in [0.717, 1.165) is 17.3 Å². The van der Waals surface area contributed by atoms with Crippen molar-refractivity contribution in [1.29, 1.82) is 0 Å². The topological polar surface area (TPSA) is 108 Å². The van der Waals surface area contributed by atoms with E-state index in [4.69, 9.17) is 5.11 Å². The standard InChI is InChI=1S/C11H18N2O4.C11H8N.Ir/c1-8(14)7-10(16)3-4-11(17)13-6-5-12-9(2)15;1-2-6-10(7-3-1)11-8-4-5-9-12-11;/h7,14H,3-6H2,1-2H3,(H,12,15)(H,13,17);1-6,8-9H;/q;-1;. The van der Waals surface area contributed by atoms with E-state index in [2.05, 4.69) is 21.7 Å². The van der Waals surface area contributed by atoms with Crippen molar-refractivity contribution in [3.8, 4) is 11.3 Å². The van der Waals surface area contributed by atoms with Gasteiger partial charge in [-0.05, 0) is 18.7 Å². The first-order chi connectivity index (χ1) is 13.9. The van der Waals surface area contributed by atoms with Gasteiger partial charge in [0.25, 0.3) is 0 Å². The van der Waals surface area contributed by atoms with E-state index in [9.17, 15) is 14.4 Å². The number of hydrogen-bond donors (Lipinski definition) is 3. The van der Waals surface area contributed by atoms with Crippen molar-refractivity contribution < 1.29 is 39.6 Å². The number of benzene rings is 1. The summed E-state index contributed by atoms with van der Waals surface area (Å²) in [5.74, 6) is -0.770. The number of nitrogens with one attached hydrogen (secondary N) is 2. The summed E-state index contributed by atoms with van der Waals surface area (Å²) in [5.41, 5.74) is 2.01. The maximum Gasteiger partial charge on any atom is 0.220 e. The quantitative estimate of drug-likeness (QED) is 0.190. The first kappa shape index (κ1) is 27.2. The van der Waals surface area contributed by atoms with Crippen LogP contribution in [0.2, 0.25) is 0 Å². The molecule has 0 aliphatic carbocycles. The first-order valence-corrected chi connectivity index (χ1v) is 9.18. The largest absolute Gasteiger partial charge is 0.512 e. The Morgan fingerprint density at radius 2 is 1.73 bits per heavy atom. The van der Waals surface area contributed by atoms with Crippen LogP contribution in [0.3, 0.4) is 0 Å². The van der Waals surface area contributed by atoms with Crippen LogP contribution in [-0.4, -0.2) is 40.8 Å². The van der Waals surface area contributed by atoms with Crippen LogP contribution in [0, 0.1) is 6.07 Å². The number of hydrogen-bond acceptors (Lipinski definition) is 5. The predicted octanol–water partition coefficient (Wildman–Crippen LogP) is 2.60. The molecule has 1 aromatic heterocycles. The van der Waals surface area contributed by atoms with Gasteiger partial charge in [0.05, 0.1) is 5.76 Å². The summed E-state index contributed by atoms with van der Waals surface area (Å²) in [6.07, 6.45) is 3.01. The molecule has 1 aromatic carbocycles. The third-order valence-electron chi connectivity index (χ3n) is 3.44. The average molecular weight is 589 g/mol. The number of aromatic nitrogens is 1. The molecule has 2 aromatic rings. The summed E-state index contributed by atoms with van der Waals surface area (Å²) >= 11 is 0. The molecule has 0 atom stereocenters. The first-order valence-electron chi connectivity index (χ1n) is 9.18. The van der Waals surface area contributed by atoms with E-state index in [1.165, 1.54) is 13.8 Å². The monoisotopic (exact) mass is 589 g/mol. The summed E-state index contributed by atoms with van der Waals surface area (Å²) < 4.78 is 0. The van der Waals surface area contributed by atoms with Gasteiger partial charge in [-0.2, -0.15) is 0 Å². The van der Waals surface area contributed by atoms with Crippen molar-refractivity contribution in [2.75, 3.05) is 13.1 Å². The van der Waals surface area contributed by atoms with Crippen molar-refractivity contribution >= 4 is 17.6 Å². The second-order valence-electron chi connectivity index (χ2n) is 6.08. The van der Waals surface area contributed by atoms with E-state index < -0.39 is 0 Å². The van der Waals surface area contributed by atoms with Crippen molar-refractivity contribution in [3.63, 3.8) is 0 Å². The van der Waals surface area contributed by atoms with Crippen LogP contribution >= 0.6 is 0 Å². The third kappa shape index (κ3) is 13.4. The smallest absolute Gasteiger partial charge is 0.220 e. The molecule has 30 heavy (non-hydrogen) atoms. The molecule has 0 bridgehead atoms. The second kappa shape index (κ2) is 16.0. The molecule has 7 nitrogen and oxygen atoms in total. The molecule has 8 heteroatoms. The van der Waals surface area contributed by atoms with E-state index in [0.29, 0.717) is 13.1 Å².